The highest BCUT2D eigenvalue weighted by molar-refractivity contribution is 6.34. The van der Waals surface area contributed by atoms with E-state index >= 15 is 0 Å². The Labute approximate surface area is 117 Å². The number of rotatable bonds is 5. The van der Waals surface area contributed by atoms with Gasteiger partial charge in [0.25, 0.3) is 0 Å². The third kappa shape index (κ3) is 4.44. The monoisotopic (exact) mass is 290 g/mol. The number of hydrogen-bond donors (Lipinski definition) is 0. The molecule has 4 nitrogen and oxygen atoms in total. The van der Waals surface area contributed by atoms with Gasteiger partial charge in [0.2, 0.25) is 0 Å². The van der Waals surface area contributed by atoms with Crippen molar-refractivity contribution in [1.29, 1.82) is 0 Å². The number of aromatic nitrogens is 1. The Morgan fingerprint density at radius 3 is 2.67 bits per heavy atom. The number of hydrogen-bond acceptors (Lipinski definition) is 4. The maximum atomic E-state index is 11.3. The van der Waals surface area contributed by atoms with Gasteiger partial charge >= 0.3 is 5.97 Å². The number of ether oxygens (including phenoxy) is 1. The van der Waals surface area contributed by atoms with Crippen molar-refractivity contribution in [2.24, 2.45) is 0 Å². The molecular formula is C12H16Cl2N2O2. The number of pyridine rings is 1. The summed E-state index contributed by atoms with van der Waals surface area (Å²) >= 11 is 11.8. The fourth-order valence-electron chi connectivity index (χ4n) is 1.42. The first kappa shape index (κ1) is 15.2. The summed E-state index contributed by atoms with van der Waals surface area (Å²) in [5.41, 5.74) is 0.832. The largest absolute Gasteiger partial charge is 0.468 e. The van der Waals surface area contributed by atoms with E-state index < -0.39 is 0 Å². The number of nitrogens with zero attached hydrogens (tertiary/aromatic N) is 2. The maximum absolute atomic E-state index is 11.3. The van der Waals surface area contributed by atoms with E-state index in [9.17, 15) is 4.79 Å². The molecule has 1 rings (SSSR count). The van der Waals surface area contributed by atoms with Gasteiger partial charge in [0, 0.05) is 29.4 Å². The molecule has 0 aliphatic carbocycles. The molecule has 6 heteroatoms. The van der Waals surface area contributed by atoms with E-state index in [0.717, 1.165) is 5.56 Å². The molecule has 0 atom stereocenters. The standard InChI is InChI=1S/C12H16Cl2N2O2/c1-8(2)16(7-12(17)18-3)6-9-5-15-11(14)4-10(9)13/h4-5,8H,6-7H2,1-3H3. The zero-order valence-corrected chi connectivity index (χ0v) is 12.1. The molecule has 18 heavy (non-hydrogen) atoms. The molecule has 0 aliphatic rings. The normalized spacial score (nSPS) is 11.1. The molecule has 1 heterocycles. The molecule has 0 radical (unpaired) electrons. The number of halogens is 2. The van der Waals surface area contributed by atoms with Gasteiger partial charge in [-0.1, -0.05) is 23.2 Å². The van der Waals surface area contributed by atoms with Crippen LogP contribution in [-0.2, 0) is 16.1 Å². The van der Waals surface area contributed by atoms with E-state index in [0.29, 0.717) is 16.7 Å². The third-order valence-electron chi connectivity index (χ3n) is 2.56. The van der Waals surface area contributed by atoms with Crippen molar-refractivity contribution in [1.82, 2.24) is 9.88 Å². The Morgan fingerprint density at radius 1 is 1.50 bits per heavy atom. The highest BCUT2D eigenvalue weighted by atomic mass is 35.5. The first-order valence-corrected chi connectivity index (χ1v) is 6.30. The summed E-state index contributed by atoms with van der Waals surface area (Å²) < 4.78 is 4.67. The van der Waals surface area contributed by atoms with Gasteiger partial charge in [0.1, 0.15) is 5.15 Å². The molecular weight excluding hydrogens is 275 g/mol. The molecule has 0 amide bonds. The van der Waals surface area contributed by atoms with Crippen molar-refractivity contribution in [3.8, 4) is 0 Å². The second-order valence-electron chi connectivity index (χ2n) is 4.17. The lowest BCUT2D eigenvalue weighted by Gasteiger charge is -2.25. The molecule has 1 aromatic heterocycles. The average Bonchev–Trinajstić information content (AvgIpc) is 2.30. The van der Waals surface area contributed by atoms with Gasteiger partial charge in [-0.05, 0) is 19.9 Å². The van der Waals surface area contributed by atoms with Crippen molar-refractivity contribution >= 4 is 29.2 Å². The fourth-order valence-corrected chi connectivity index (χ4v) is 1.85. The topological polar surface area (TPSA) is 42.4 Å². The molecule has 0 fully saturated rings. The third-order valence-corrected chi connectivity index (χ3v) is 3.12. The first-order chi connectivity index (χ1) is 8.43. The van der Waals surface area contributed by atoms with Crippen LogP contribution in [-0.4, -0.2) is 35.5 Å². The van der Waals surface area contributed by atoms with Crippen LogP contribution >= 0.6 is 23.2 Å². The van der Waals surface area contributed by atoms with Crippen LogP contribution in [0.15, 0.2) is 12.3 Å². The summed E-state index contributed by atoms with van der Waals surface area (Å²) in [6.45, 7) is 4.74. The number of carbonyl (C=O) groups excluding carboxylic acids is 1. The molecule has 0 aromatic carbocycles. The van der Waals surface area contributed by atoms with Gasteiger partial charge in [0.15, 0.2) is 0 Å². The van der Waals surface area contributed by atoms with Crippen LogP contribution < -0.4 is 0 Å². The fraction of sp³-hybridized carbons (Fsp3) is 0.500. The predicted molar refractivity (Wildman–Crippen MR) is 71.8 cm³/mol. The minimum atomic E-state index is -0.276. The molecule has 0 saturated heterocycles. The van der Waals surface area contributed by atoms with Crippen molar-refractivity contribution in [3.05, 3.63) is 28.0 Å². The minimum absolute atomic E-state index is 0.191. The molecule has 0 unspecified atom stereocenters. The van der Waals surface area contributed by atoms with Crippen LogP contribution in [0.25, 0.3) is 0 Å². The van der Waals surface area contributed by atoms with Crippen LogP contribution in [0.4, 0.5) is 0 Å². The van der Waals surface area contributed by atoms with E-state index in [-0.39, 0.29) is 18.6 Å². The predicted octanol–water partition coefficient (Wildman–Crippen LogP) is 2.77. The Morgan fingerprint density at radius 2 is 2.17 bits per heavy atom. The van der Waals surface area contributed by atoms with Gasteiger partial charge in [-0.15, -0.1) is 0 Å². The number of carbonyl (C=O) groups is 1. The molecule has 0 spiro atoms. The Balaban J connectivity index is 2.80. The Kier molecular flexibility index (Phi) is 5.85. The van der Waals surface area contributed by atoms with Crippen molar-refractivity contribution in [2.75, 3.05) is 13.7 Å². The summed E-state index contributed by atoms with van der Waals surface area (Å²) in [5.74, 6) is -0.276. The van der Waals surface area contributed by atoms with Gasteiger partial charge in [-0.25, -0.2) is 4.98 Å². The van der Waals surface area contributed by atoms with E-state index in [2.05, 4.69) is 9.72 Å². The van der Waals surface area contributed by atoms with Gasteiger partial charge in [0.05, 0.1) is 13.7 Å². The van der Waals surface area contributed by atoms with E-state index in [4.69, 9.17) is 23.2 Å². The molecule has 0 aliphatic heterocycles. The van der Waals surface area contributed by atoms with Crippen LogP contribution in [0, 0.1) is 0 Å². The minimum Gasteiger partial charge on any atom is -0.468 e. The smallest absolute Gasteiger partial charge is 0.319 e. The highest BCUT2D eigenvalue weighted by Crippen LogP contribution is 2.20. The summed E-state index contributed by atoms with van der Waals surface area (Å²) in [7, 11) is 1.37. The molecule has 0 saturated carbocycles. The first-order valence-electron chi connectivity index (χ1n) is 5.54. The van der Waals surface area contributed by atoms with Crippen LogP contribution in [0.1, 0.15) is 19.4 Å². The van der Waals surface area contributed by atoms with Crippen molar-refractivity contribution in [2.45, 2.75) is 26.4 Å². The average molecular weight is 291 g/mol. The second kappa shape index (κ2) is 6.92. The summed E-state index contributed by atoms with van der Waals surface area (Å²) in [4.78, 5) is 17.3. The lowest BCUT2D eigenvalue weighted by atomic mass is 10.2. The van der Waals surface area contributed by atoms with Crippen LogP contribution in [0.5, 0.6) is 0 Å². The molecule has 0 bridgehead atoms. The summed E-state index contributed by atoms with van der Waals surface area (Å²) in [5, 5.41) is 0.901. The van der Waals surface area contributed by atoms with E-state index in [1.165, 1.54) is 7.11 Å². The SMILES string of the molecule is COC(=O)CN(Cc1cnc(Cl)cc1Cl)C(C)C. The number of methoxy groups -OCH3 is 1. The van der Waals surface area contributed by atoms with E-state index in [1.807, 2.05) is 18.7 Å². The van der Waals surface area contributed by atoms with Crippen molar-refractivity contribution in [3.63, 3.8) is 0 Å². The maximum Gasteiger partial charge on any atom is 0.319 e. The summed E-state index contributed by atoms with van der Waals surface area (Å²) in [6, 6.07) is 1.78. The Bertz CT molecular complexity index is 425. The van der Waals surface area contributed by atoms with E-state index in [1.54, 1.807) is 12.3 Å². The number of esters is 1. The zero-order valence-electron chi connectivity index (χ0n) is 10.6. The van der Waals surface area contributed by atoms with Crippen molar-refractivity contribution < 1.29 is 9.53 Å². The second-order valence-corrected chi connectivity index (χ2v) is 4.97. The van der Waals surface area contributed by atoms with Crippen LogP contribution in [0.2, 0.25) is 10.2 Å². The summed E-state index contributed by atoms with van der Waals surface area (Å²) in [6.07, 6.45) is 1.62. The quantitative estimate of drug-likeness (QED) is 0.618. The lowest BCUT2D eigenvalue weighted by Crippen LogP contribution is -2.35. The van der Waals surface area contributed by atoms with Gasteiger partial charge < -0.3 is 4.74 Å². The van der Waals surface area contributed by atoms with Gasteiger partial charge in [-0.2, -0.15) is 0 Å². The van der Waals surface area contributed by atoms with Gasteiger partial charge in [-0.3, -0.25) is 9.69 Å². The molecule has 0 N–H and O–H groups in total. The highest BCUT2D eigenvalue weighted by Gasteiger charge is 2.16. The molecule has 100 valence electrons. The Hall–Kier alpha value is -0.840. The molecule has 1 aromatic rings. The zero-order chi connectivity index (χ0) is 13.7. The lowest BCUT2D eigenvalue weighted by molar-refractivity contribution is -0.142. The van der Waals surface area contributed by atoms with Crippen LogP contribution in [0.3, 0.4) is 0 Å².